The Kier molecular flexibility index (Phi) is 6.63. The average molecular weight is 337 g/mol. The molecule has 2 unspecified atom stereocenters. The summed E-state index contributed by atoms with van der Waals surface area (Å²) < 4.78 is 0. The van der Waals surface area contributed by atoms with Gasteiger partial charge >= 0.3 is 0 Å². The SMILES string of the molecule is CCC1CC(C(=O)NC2CCN(C(=O)CC(C)C)CC2)CC(=O)N1. The van der Waals surface area contributed by atoms with Gasteiger partial charge in [0.2, 0.25) is 17.7 Å². The van der Waals surface area contributed by atoms with E-state index >= 15 is 0 Å². The van der Waals surface area contributed by atoms with Crippen LogP contribution in [-0.2, 0) is 14.4 Å². The van der Waals surface area contributed by atoms with Crippen molar-refractivity contribution < 1.29 is 14.4 Å². The number of amides is 3. The Hall–Kier alpha value is -1.59. The summed E-state index contributed by atoms with van der Waals surface area (Å²) in [5.41, 5.74) is 0. The maximum atomic E-state index is 12.5. The van der Waals surface area contributed by atoms with Crippen LogP contribution in [0.15, 0.2) is 0 Å². The second-order valence-electron chi connectivity index (χ2n) is 7.57. The molecule has 0 aromatic carbocycles. The maximum Gasteiger partial charge on any atom is 0.223 e. The van der Waals surface area contributed by atoms with Gasteiger partial charge in [0.25, 0.3) is 0 Å². The van der Waals surface area contributed by atoms with E-state index in [1.807, 2.05) is 11.8 Å². The summed E-state index contributed by atoms with van der Waals surface area (Å²) in [6, 6.07) is 0.225. The van der Waals surface area contributed by atoms with Crippen molar-refractivity contribution in [1.82, 2.24) is 15.5 Å². The molecular weight excluding hydrogens is 306 g/mol. The first-order valence-electron chi connectivity index (χ1n) is 9.26. The van der Waals surface area contributed by atoms with Crippen LogP contribution in [0.2, 0.25) is 0 Å². The van der Waals surface area contributed by atoms with Gasteiger partial charge in [-0.2, -0.15) is 0 Å². The Morgan fingerprint density at radius 2 is 1.96 bits per heavy atom. The van der Waals surface area contributed by atoms with Gasteiger partial charge in [-0.15, -0.1) is 0 Å². The van der Waals surface area contributed by atoms with Gasteiger partial charge in [0.05, 0.1) is 0 Å². The van der Waals surface area contributed by atoms with Gasteiger partial charge in [0.1, 0.15) is 0 Å². The Morgan fingerprint density at radius 1 is 1.29 bits per heavy atom. The van der Waals surface area contributed by atoms with E-state index in [1.165, 1.54) is 0 Å². The summed E-state index contributed by atoms with van der Waals surface area (Å²) in [5.74, 6) is 0.338. The van der Waals surface area contributed by atoms with E-state index in [0.29, 0.717) is 25.4 Å². The van der Waals surface area contributed by atoms with Crippen LogP contribution in [0.3, 0.4) is 0 Å². The van der Waals surface area contributed by atoms with Crippen molar-refractivity contribution in [2.75, 3.05) is 13.1 Å². The van der Waals surface area contributed by atoms with E-state index in [-0.39, 0.29) is 42.1 Å². The molecule has 0 bridgehead atoms. The summed E-state index contributed by atoms with van der Waals surface area (Å²) >= 11 is 0. The first-order valence-corrected chi connectivity index (χ1v) is 9.26. The molecule has 136 valence electrons. The van der Waals surface area contributed by atoms with Gasteiger partial charge in [0.15, 0.2) is 0 Å². The zero-order valence-electron chi connectivity index (χ0n) is 15.1. The van der Waals surface area contributed by atoms with E-state index in [4.69, 9.17) is 0 Å². The van der Waals surface area contributed by atoms with Crippen LogP contribution < -0.4 is 10.6 Å². The van der Waals surface area contributed by atoms with Gasteiger partial charge < -0.3 is 15.5 Å². The number of hydrogen-bond acceptors (Lipinski definition) is 3. The molecule has 2 fully saturated rings. The summed E-state index contributed by atoms with van der Waals surface area (Å²) in [6.07, 6.45) is 4.05. The molecule has 0 radical (unpaired) electrons. The molecule has 6 heteroatoms. The number of likely N-dealkylation sites (tertiary alicyclic amines) is 1. The molecule has 0 aromatic heterocycles. The second kappa shape index (κ2) is 8.49. The Morgan fingerprint density at radius 3 is 2.54 bits per heavy atom. The molecule has 24 heavy (non-hydrogen) atoms. The van der Waals surface area contributed by atoms with Gasteiger partial charge in [0, 0.05) is 43.9 Å². The monoisotopic (exact) mass is 337 g/mol. The van der Waals surface area contributed by atoms with Crippen molar-refractivity contribution in [2.24, 2.45) is 11.8 Å². The quantitative estimate of drug-likeness (QED) is 0.797. The topological polar surface area (TPSA) is 78.5 Å². The van der Waals surface area contributed by atoms with Crippen LogP contribution in [0.4, 0.5) is 0 Å². The summed E-state index contributed by atoms with van der Waals surface area (Å²) in [5, 5.41) is 6.02. The normalized spacial score (nSPS) is 25.5. The molecule has 2 heterocycles. The van der Waals surface area contributed by atoms with E-state index in [9.17, 15) is 14.4 Å². The average Bonchev–Trinajstić information content (AvgIpc) is 2.54. The molecule has 2 atom stereocenters. The van der Waals surface area contributed by atoms with Crippen molar-refractivity contribution in [3.05, 3.63) is 0 Å². The third kappa shape index (κ3) is 5.21. The van der Waals surface area contributed by atoms with E-state index in [2.05, 4.69) is 24.5 Å². The van der Waals surface area contributed by atoms with Crippen LogP contribution in [0.1, 0.15) is 59.3 Å². The number of hydrogen-bond donors (Lipinski definition) is 2. The van der Waals surface area contributed by atoms with E-state index in [1.54, 1.807) is 0 Å². The smallest absolute Gasteiger partial charge is 0.223 e. The Bertz CT molecular complexity index is 470. The van der Waals surface area contributed by atoms with Crippen LogP contribution in [0.5, 0.6) is 0 Å². The molecule has 2 rings (SSSR count). The molecular formula is C18H31N3O3. The van der Waals surface area contributed by atoms with Crippen LogP contribution in [0, 0.1) is 11.8 Å². The van der Waals surface area contributed by atoms with Crippen molar-refractivity contribution in [1.29, 1.82) is 0 Å². The van der Waals surface area contributed by atoms with Crippen molar-refractivity contribution >= 4 is 17.7 Å². The van der Waals surface area contributed by atoms with E-state index in [0.717, 1.165) is 25.7 Å². The predicted octanol–water partition coefficient (Wildman–Crippen LogP) is 1.44. The lowest BCUT2D eigenvalue weighted by Crippen LogP contribution is -2.51. The number of carbonyl (C=O) groups is 3. The fourth-order valence-electron chi connectivity index (χ4n) is 3.54. The molecule has 0 aromatic rings. The third-order valence-electron chi connectivity index (χ3n) is 5.01. The molecule has 0 aliphatic carbocycles. The fraction of sp³-hybridized carbons (Fsp3) is 0.833. The van der Waals surface area contributed by atoms with Crippen molar-refractivity contribution in [3.8, 4) is 0 Å². The van der Waals surface area contributed by atoms with Gasteiger partial charge in [-0.25, -0.2) is 0 Å². The molecule has 2 N–H and O–H groups in total. The summed E-state index contributed by atoms with van der Waals surface area (Å²) in [4.78, 5) is 38.2. The van der Waals surface area contributed by atoms with Crippen LogP contribution >= 0.6 is 0 Å². The number of piperidine rings is 2. The highest BCUT2D eigenvalue weighted by molar-refractivity contribution is 5.87. The lowest BCUT2D eigenvalue weighted by Gasteiger charge is -2.34. The highest BCUT2D eigenvalue weighted by atomic mass is 16.2. The second-order valence-corrected chi connectivity index (χ2v) is 7.57. The molecule has 2 aliphatic heterocycles. The minimum atomic E-state index is -0.218. The molecule has 0 spiro atoms. The number of nitrogens with zero attached hydrogens (tertiary/aromatic N) is 1. The largest absolute Gasteiger partial charge is 0.353 e. The molecule has 2 aliphatic rings. The maximum absolute atomic E-state index is 12.5. The van der Waals surface area contributed by atoms with Crippen molar-refractivity contribution in [2.45, 2.75) is 71.4 Å². The standard InChI is InChI=1S/C18H31N3O3/c1-4-14-10-13(11-16(22)19-14)18(24)20-15-5-7-21(8-6-15)17(23)9-12(2)3/h12-15H,4-11H2,1-3H3,(H,19,22)(H,20,24). The Labute approximate surface area is 144 Å². The van der Waals surface area contributed by atoms with Gasteiger partial charge in [-0.05, 0) is 31.6 Å². The molecule has 2 saturated heterocycles. The zero-order valence-corrected chi connectivity index (χ0v) is 15.1. The van der Waals surface area contributed by atoms with Gasteiger partial charge in [-0.3, -0.25) is 14.4 Å². The minimum Gasteiger partial charge on any atom is -0.353 e. The summed E-state index contributed by atoms with van der Waals surface area (Å²) in [6.45, 7) is 7.54. The fourth-order valence-corrected chi connectivity index (χ4v) is 3.54. The Balaban J connectivity index is 1.78. The number of rotatable bonds is 5. The lowest BCUT2D eigenvalue weighted by atomic mass is 9.89. The van der Waals surface area contributed by atoms with Crippen molar-refractivity contribution in [3.63, 3.8) is 0 Å². The summed E-state index contributed by atoms with van der Waals surface area (Å²) in [7, 11) is 0. The predicted molar refractivity (Wildman–Crippen MR) is 92.1 cm³/mol. The number of carbonyl (C=O) groups excluding carboxylic acids is 3. The first-order chi connectivity index (χ1) is 11.4. The van der Waals surface area contributed by atoms with Crippen LogP contribution in [-0.4, -0.2) is 47.8 Å². The molecule has 6 nitrogen and oxygen atoms in total. The zero-order chi connectivity index (χ0) is 17.7. The highest BCUT2D eigenvalue weighted by Crippen LogP contribution is 2.20. The lowest BCUT2D eigenvalue weighted by molar-refractivity contribution is -0.135. The third-order valence-corrected chi connectivity index (χ3v) is 5.01. The first kappa shape index (κ1) is 18.7. The van der Waals surface area contributed by atoms with Gasteiger partial charge in [-0.1, -0.05) is 20.8 Å². The van der Waals surface area contributed by atoms with Crippen LogP contribution in [0.25, 0.3) is 0 Å². The highest BCUT2D eigenvalue weighted by Gasteiger charge is 2.32. The van der Waals surface area contributed by atoms with E-state index < -0.39 is 0 Å². The molecule has 3 amide bonds. The number of nitrogens with one attached hydrogen (secondary N) is 2. The minimum absolute atomic E-state index is 0.00439. The molecule has 0 saturated carbocycles.